The van der Waals surface area contributed by atoms with Gasteiger partial charge >= 0.3 is 0 Å². The van der Waals surface area contributed by atoms with Crippen molar-refractivity contribution in [2.24, 2.45) is 0 Å². The molecular weight excluding hydrogens is 272 g/mol. The SMILES string of the molecule is Cc1cc(C#N)c2c(c1)CNc1c(C#N)cc(C)cc1CN2. The first-order chi connectivity index (χ1) is 10.6. The molecule has 108 valence electrons. The summed E-state index contributed by atoms with van der Waals surface area (Å²) in [6, 6.07) is 12.4. The van der Waals surface area contributed by atoms with E-state index >= 15 is 0 Å². The third kappa shape index (κ3) is 2.36. The van der Waals surface area contributed by atoms with E-state index in [2.05, 4.69) is 34.9 Å². The van der Waals surface area contributed by atoms with Gasteiger partial charge in [-0.05, 0) is 48.2 Å². The second-order valence-corrected chi connectivity index (χ2v) is 5.62. The molecule has 22 heavy (non-hydrogen) atoms. The third-order valence-electron chi connectivity index (χ3n) is 3.88. The molecular formula is C18H16N4. The molecule has 0 amide bonds. The molecule has 0 bridgehead atoms. The number of nitrogens with one attached hydrogen (secondary N) is 2. The Labute approximate surface area is 130 Å². The Hall–Kier alpha value is -2.98. The van der Waals surface area contributed by atoms with E-state index in [-0.39, 0.29) is 0 Å². The van der Waals surface area contributed by atoms with Crippen LogP contribution in [0.2, 0.25) is 0 Å². The highest BCUT2D eigenvalue weighted by atomic mass is 14.9. The van der Waals surface area contributed by atoms with Crippen molar-refractivity contribution in [1.82, 2.24) is 0 Å². The van der Waals surface area contributed by atoms with Crippen LogP contribution in [-0.4, -0.2) is 0 Å². The van der Waals surface area contributed by atoms with Gasteiger partial charge in [-0.15, -0.1) is 0 Å². The van der Waals surface area contributed by atoms with Crippen LogP contribution in [-0.2, 0) is 13.1 Å². The van der Waals surface area contributed by atoms with Crippen LogP contribution in [0.5, 0.6) is 0 Å². The summed E-state index contributed by atoms with van der Waals surface area (Å²) >= 11 is 0. The van der Waals surface area contributed by atoms with Crippen LogP contribution in [0.25, 0.3) is 0 Å². The molecule has 2 N–H and O–H groups in total. The number of benzene rings is 2. The molecule has 2 aromatic rings. The van der Waals surface area contributed by atoms with Crippen molar-refractivity contribution in [2.45, 2.75) is 26.9 Å². The summed E-state index contributed by atoms with van der Waals surface area (Å²) in [6.45, 7) is 5.14. The van der Waals surface area contributed by atoms with Crippen LogP contribution < -0.4 is 10.6 Å². The minimum atomic E-state index is 0.587. The molecule has 1 heterocycles. The first kappa shape index (κ1) is 14.0. The maximum Gasteiger partial charge on any atom is 0.101 e. The Morgan fingerprint density at radius 1 is 0.773 bits per heavy atom. The molecule has 0 spiro atoms. The van der Waals surface area contributed by atoms with E-state index < -0.39 is 0 Å². The fraction of sp³-hybridized carbons (Fsp3) is 0.222. The standard InChI is InChI=1S/C18H16N4/c1-11-3-13(7-19)17-15(5-11)9-21-18-14(8-20)4-12(2)6-16(18)10-22-17/h3-6,21-22H,9-10H2,1-2H3. The van der Waals surface area contributed by atoms with Gasteiger partial charge in [-0.25, -0.2) is 0 Å². The van der Waals surface area contributed by atoms with Gasteiger partial charge < -0.3 is 10.6 Å². The molecule has 4 nitrogen and oxygen atoms in total. The predicted octanol–water partition coefficient (Wildman–Crippen LogP) is 3.58. The third-order valence-corrected chi connectivity index (χ3v) is 3.88. The molecule has 4 heteroatoms. The van der Waals surface area contributed by atoms with E-state index in [4.69, 9.17) is 0 Å². The zero-order chi connectivity index (χ0) is 15.7. The minimum absolute atomic E-state index is 0.587. The molecule has 0 radical (unpaired) electrons. The quantitative estimate of drug-likeness (QED) is 0.777. The van der Waals surface area contributed by atoms with E-state index in [0.29, 0.717) is 24.2 Å². The average molecular weight is 288 g/mol. The molecule has 1 aliphatic rings. The fourth-order valence-corrected chi connectivity index (χ4v) is 2.96. The number of aryl methyl sites for hydroxylation is 2. The molecule has 0 aliphatic carbocycles. The highest BCUT2D eigenvalue weighted by Crippen LogP contribution is 2.31. The van der Waals surface area contributed by atoms with Crippen LogP contribution in [0.4, 0.5) is 11.4 Å². The number of hydrogen-bond donors (Lipinski definition) is 2. The van der Waals surface area contributed by atoms with Crippen molar-refractivity contribution in [3.63, 3.8) is 0 Å². The first-order valence-electron chi connectivity index (χ1n) is 7.17. The Morgan fingerprint density at radius 3 is 1.55 bits per heavy atom. The van der Waals surface area contributed by atoms with E-state index in [1.807, 2.05) is 26.0 Å². The van der Waals surface area contributed by atoms with Crippen molar-refractivity contribution < 1.29 is 0 Å². The summed E-state index contributed by atoms with van der Waals surface area (Å²) in [4.78, 5) is 0. The largest absolute Gasteiger partial charge is 0.380 e. The molecule has 1 aliphatic heterocycles. The molecule has 0 aromatic heterocycles. The van der Waals surface area contributed by atoms with Crippen LogP contribution in [0.1, 0.15) is 33.4 Å². The number of fused-ring (bicyclic) bond motifs is 2. The van der Waals surface area contributed by atoms with Crippen molar-refractivity contribution in [3.05, 3.63) is 57.6 Å². The van der Waals surface area contributed by atoms with Crippen molar-refractivity contribution >= 4 is 11.4 Å². The molecule has 0 fully saturated rings. The van der Waals surface area contributed by atoms with Gasteiger partial charge in [-0.1, -0.05) is 12.1 Å². The van der Waals surface area contributed by atoms with Gasteiger partial charge in [0.2, 0.25) is 0 Å². The lowest BCUT2D eigenvalue weighted by atomic mass is 9.99. The zero-order valence-electron chi connectivity index (χ0n) is 12.6. The van der Waals surface area contributed by atoms with Gasteiger partial charge in [0.25, 0.3) is 0 Å². The molecule has 0 unspecified atom stereocenters. The second-order valence-electron chi connectivity index (χ2n) is 5.62. The van der Waals surface area contributed by atoms with Gasteiger partial charge in [0.1, 0.15) is 12.1 Å². The molecule has 2 aromatic carbocycles. The fourth-order valence-electron chi connectivity index (χ4n) is 2.96. The smallest absolute Gasteiger partial charge is 0.101 e. The Balaban J connectivity index is 2.09. The topological polar surface area (TPSA) is 71.6 Å². The lowest BCUT2D eigenvalue weighted by Gasteiger charge is -2.22. The number of nitriles is 2. The number of anilines is 2. The summed E-state index contributed by atoms with van der Waals surface area (Å²) in [5.41, 5.74) is 7.30. The molecule has 0 atom stereocenters. The van der Waals surface area contributed by atoms with Crippen LogP contribution in [0.15, 0.2) is 24.3 Å². The van der Waals surface area contributed by atoms with Gasteiger partial charge in [0.05, 0.1) is 22.5 Å². The molecule has 0 saturated heterocycles. The minimum Gasteiger partial charge on any atom is -0.380 e. The van der Waals surface area contributed by atoms with Crippen LogP contribution >= 0.6 is 0 Å². The van der Waals surface area contributed by atoms with E-state index in [1.54, 1.807) is 0 Å². The monoisotopic (exact) mass is 288 g/mol. The van der Waals surface area contributed by atoms with Crippen LogP contribution in [0, 0.1) is 36.5 Å². The van der Waals surface area contributed by atoms with Crippen molar-refractivity contribution in [1.29, 1.82) is 10.5 Å². The highest BCUT2D eigenvalue weighted by Gasteiger charge is 2.16. The highest BCUT2D eigenvalue weighted by molar-refractivity contribution is 5.70. The van der Waals surface area contributed by atoms with Crippen LogP contribution in [0.3, 0.4) is 0 Å². The summed E-state index contributed by atoms with van der Waals surface area (Å²) in [7, 11) is 0. The lowest BCUT2D eigenvalue weighted by molar-refractivity contribution is 1.04. The summed E-state index contributed by atoms with van der Waals surface area (Å²) in [5.74, 6) is 0. The van der Waals surface area contributed by atoms with Gasteiger partial charge in [-0.3, -0.25) is 0 Å². The van der Waals surface area contributed by atoms with Gasteiger partial charge in [0.15, 0.2) is 0 Å². The zero-order valence-corrected chi connectivity index (χ0v) is 12.6. The normalized spacial score (nSPS) is 12.4. The van der Waals surface area contributed by atoms with E-state index in [0.717, 1.165) is 33.6 Å². The van der Waals surface area contributed by atoms with Gasteiger partial charge in [-0.2, -0.15) is 10.5 Å². The van der Waals surface area contributed by atoms with Crippen molar-refractivity contribution in [2.75, 3.05) is 10.6 Å². The lowest BCUT2D eigenvalue weighted by Crippen LogP contribution is -2.15. The number of nitrogens with zero attached hydrogens (tertiary/aromatic N) is 2. The van der Waals surface area contributed by atoms with Crippen molar-refractivity contribution in [3.8, 4) is 12.1 Å². The number of rotatable bonds is 0. The summed E-state index contributed by atoms with van der Waals surface area (Å²) in [6.07, 6.45) is 0. The summed E-state index contributed by atoms with van der Waals surface area (Å²) in [5, 5.41) is 25.4. The Bertz CT molecular complexity index is 766. The maximum absolute atomic E-state index is 9.35. The Morgan fingerprint density at radius 2 is 1.18 bits per heavy atom. The number of hydrogen-bond acceptors (Lipinski definition) is 4. The summed E-state index contributed by atoms with van der Waals surface area (Å²) < 4.78 is 0. The first-order valence-corrected chi connectivity index (χ1v) is 7.17. The second kappa shape index (κ2) is 5.42. The predicted molar refractivity (Wildman–Crippen MR) is 86.4 cm³/mol. The maximum atomic E-state index is 9.35. The molecule has 0 saturated carbocycles. The average Bonchev–Trinajstić information content (AvgIpc) is 2.49. The van der Waals surface area contributed by atoms with E-state index in [9.17, 15) is 10.5 Å². The Kier molecular flexibility index (Phi) is 3.45. The van der Waals surface area contributed by atoms with E-state index in [1.165, 1.54) is 0 Å². The molecule has 3 rings (SSSR count). The van der Waals surface area contributed by atoms with Gasteiger partial charge in [0, 0.05) is 13.1 Å².